The van der Waals surface area contributed by atoms with Crippen LogP contribution in [0.1, 0.15) is 5.56 Å². The van der Waals surface area contributed by atoms with Gasteiger partial charge in [-0.15, -0.1) is 0 Å². The van der Waals surface area contributed by atoms with E-state index in [-0.39, 0.29) is 0 Å². The Hall–Kier alpha value is -0.530. The predicted octanol–water partition coefficient (Wildman–Crippen LogP) is 3.81. The Morgan fingerprint density at radius 3 is 2.91 bits per heavy atom. The van der Waals surface area contributed by atoms with Gasteiger partial charge in [-0.1, -0.05) is 11.6 Å². The summed E-state index contributed by atoms with van der Waals surface area (Å²) < 4.78 is 0. The summed E-state index contributed by atoms with van der Waals surface area (Å²) in [4.78, 5) is 0. The molecule has 2 rings (SSSR count). The lowest BCUT2D eigenvalue weighted by Gasteiger charge is -1.97. The zero-order chi connectivity index (χ0) is 7.84. The van der Waals surface area contributed by atoms with Crippen molar-refractivity contribution in [3.63, 3.8) is 0 Å². The summed E-state index contributed by atoms with van der Waals surface area (Å²) in [7, 11) is 0. The minimum Gasteiger partial charge on any atom is -0.152 e. The molecule has 56 valence electrons. The molecule has 0 amide bonds. The van der Waals surface area contributed by atoms with Crippen LogP contribution in [0, 0.1) is 6.92 Å². The van der Waals surface area contributed by atoms with Gasteiger partial charge in [-0.2, -0.15) is 11.3 Å². The zero-order valence-corrected chi connectivity index (χ0v) is 7.67. The molecular formula is C9H7ClS. The second-order valence-electron chi connectivity index (χ2n) is 2.56. The molecule has 0 radical (unpaired) electrons. The Morgan fingerprint density at radius 1 is 1.36 bits per heavy atom. The molecule has 0 fully saturated rings. The first-order chi connectivity index (χ1) is 5.29. The molecule has 2 heteroatoms. The lowest BCUT2D eigenvalue weighted by atomic mass is 10.1. The van der Waals surface area contributed by atoms with E-state index in [1.165, 1.54) is 16.7 Å². The molecule has 0 atom stereocenters. The second-order valence-corrected chi connectivity index (χ2v) is 3.75. The maximum Gasteiger partial charge on any atom is 0.0495 e. The smallest absolute Gasteiger partial charge is 0.0495 e. The van der Waals surface area contributed by atoms with Gasteiger partial charge in [-0.25, -0.2) is 0 Å². The van der Waals surface area contributed by atoms with E-state index in [0.717, 1.165) is 5.02 Å². The van der Waals surface area contributed by atoms with E-state index in [9.17, 15) is 0 Å². The van der Waals surface area contributed by atoms with Crippen LogP contribution in [0.25, 0.3) is 11.1 Å². The van der Waals surface area contributed by atoms with Crippen molar-refractivity contribution in [3.8, 4) is 11.1 Å². The van der Waals surface area contributed by atoms with E-state index in [0.29, 0.717) is 0 Å². The molecular weight excluding hydrogens is 176 g/mol. The van der Waals surface area contributed by atoms with Crippen molar-refractivity contribution in [1.29, 1.82) is 0 Å². The number of hydrogen-bond acceptors (Lipinski definition) is 1. The molecule has 0 saturated heterocycles. The van der Waals surface area contributed by atoms with Gasteiger partial charge in [0.2, 0.25) is 0 Å². The van der Waals surface area contributed by atoms with Crippen molar-refractivity contribution in [2.45, 2.75) is 6.92 Å². The summed E-state index contributed by atoms with van der Waals surface area (Å²) in [6, 6.07) is 4.13. The molecule has 1 aliphatic heterocycles. The van der Waals surface area contributed by atoms with E-state index in [4.69, 9.17) is 11.6 Å². The van der Waals surface area contributed by atoms with E-state index in [2.05, 4.69) is 23.8 Å². The Labute approximate surface area is 74.8 Å². The van der Waals surface area contributed by atoms with Crippen molar-refractivity contribution < 1.29 is 0 Å². The molecule has 0 spiro atoms. The zero-order valence-electron chi connectivity index (χ0n) is 6.10. The summed E-state index contributed by atoms with van der Waals surface area (Å²) in [5, 5.41) is 5.03. The van der Waals surface area contributed by atoms with Crippen LogP contribution in [-0.4, -0.2) is 0 Å². The predicted molar refractivity (Wildman–Crippen MR) is 50.7 cm³/mol. The Bertz CT molecular complexity index is 318. The number of aryl methyl sites for hydroxylation is 1. The molecule has 1 aliphatic carbocycles. The highest BCUT2D eigenvalue weighted by Gasteiger charge is 2.09. The molecule has 11 heavy (non-hydrogen) atoms. The maximum atomic E-state index is 5.98. The first-order valence-electron chi connectivity index (χ1n) is 3.40. The summed E-state index contributed by atoms with van der Waals surface area (Å²) >= 11 is 7.66. The van der Waals surface area contributed by atoms with E-state index in [1.54, 1.807) is 11.3 Å². The van der Waals surface area contributed by atoms with Crippen molar-refractivity contribution in [3.05, 3.63) is 33.5 Å². The van der Waals surface area contributed by atoms with Gasteiger partial charge >= 0.3 is 0 Å². The number of hydrogen-bond donors (Lipinski definition) is 0. The molecule has 0 saturated carbocycles. The van der Waals surface area contributed by atoms with Gasteiger partial charge in [0, 0.05) is 16.0 Å². The number of rotatable bonds is 0. The van der Waals surface area contributed by atoms with Gasteiger partial charge < -0.3 is 0 Å². The van der Waals surface area contributed by atoms with Crippen LogP contribution >= 0.6 is 22.9 Å². The topological polar surface area (TPSA) is 0 Å². The normalized spacial score (nSPS) is 10.7. The lowest BCUT2D eigenvalue weighted by molar-refractivity contribution is 1.55. The van der Waals surface area contributed by atoms with E-state index < -0.39 is 0 Å². The van der Waals surface area contributed by atoms with Gasteiger partial charge in [0.15, 0.2) is 0 Å². The third-order valence-electron chi connectivity index (χ3n) is 1.81. The van der Waals surface area contributed by atoms with Crippen LogP contribution in [0.2, 0.25) is 5.02 Å². The number of fused-ring (bicyclic) bond motifs is 1. The standard InChI is InChI=1S/C9H7ClS/c1-6-4-9(10)8-5-11-3-2-7(6)8/h2-5H,1H3. The van der Waals surface area contributed by atoms with Crippen LogP contribution in [0.5, 0.6) is 0 Å². The van der Waals surface area contributed by atoms with Crippen LogP contribution < -0.4 is 0 Å². The summed E-state index contributed by atoms with van der Waals surface area (Å²) in [6.07, 6.45) is 0. The average Bonchev–Trinajstić information content (AvgIpc) is 2.30. The van der Waals surface area contributed by atoms with Gasteiger partial charge in [-0.05, 0) is 35.6 Å². The highest BCUT2D eigenvalue weighted by molar-refractivity contribution is 7.08. The third kappa shape index (κ3) is 1.05. The van der Waals surface area contributed by atoms with Crippen molar-refractivity contribution in [1.82, 2.24) is 0 Å². The molecule has 2 aliphatic rings. The molecule has 0 aromatic carbocycles. The van der Waals surface area contributed by atoms with Gasteiger partial charge in [0.25, 0.3) is 0 Å². The summed E-state index contributed by atoms with van der Waals surface area (Å²) in [6.45, 7) is 2.08. The summed E-state index contributed by atoms with van der Waals surface area (Å²) in [5.74, 6) is 0. The van der Waals surface area contributed by atoms with Crippen LogP contribution in [0.15, 0.2) is 22.9 Å². The highest BCUT2D eigenvalue weighted by atomic mass is 35.5. The number of halogens is 1. The third-order valence-corrected chi connectivity index (χ3v) is 2.79. The minimum atomic E-state index is 0.870. The quantitative estimate of drug-likeness (QED) is 0.581. The monoisotopic (exact) mass is 182 g/mol. The Morgan fingerprint density at radius 2 is 2.18 bits per heavy atom. The van der Waals surface area contributed by atoms with E-state index >= 15 is 0 Å². The lowest BCUT2D eigenvalue weighted by Crippen LogP contribution is -1.71. The summed E-state index contributed by atoms with van der Waals surface area (Å²) in [5.41, 5.74) is 3.71. The van der Waals surface area contributed by atoms with Gasteiger partial charge in [0.05, 0.1) is 0 Å². The highest BCUT2D eigenvalue weighted by Crippen LogP contribution is 2.35. The first-order valence-corrected chi connectivity index (χ1v) is 4.72. The molecule has 0 aromatic heterocycles. The fraction of sp³-hybridized carbons (Fsp3) is 0.111. The van der Waals surface area contributed by atoms with Crippen LogP contribution in [0.3, 0.4) is 0 Å². The van der Waals surface area contributed by atoms with Crippen molar-refractivity contribution >= 4 is 22.9 Å². The first kappa shape index (κ1) is 7.14. The second kappa shape index (κ2) is 2.50. The van der Waals surface area contributed by atoms with Crippen LogP contribution in [-0.2, 0) is 0 Å². The Kier molecular flexibility index (Phi) is 1.63. The fourth-order valence-electron chi connectivity index (χ4n) is 1.24. The Balaban J connectivity index is 2.81. The van der Waals surface area contributed by atoms with Crippen LogP contribution in [0.4, 0.5) is 0 Å². The maximum absolute atomic E-state index is 5.98. The molecule has 0 aromatic rings. The molecule has 1 heterocycles. The minimum absolute atomic E-state index is 0.870. The largest absolute Gasteiger partial charge is 0.152 e. The SMILES string of the molecule is Cc1cc(Cl)c2csccc1-2. The van der Waals surface area contributed by atoms with E-state index in [1.807, 2.05) is 6.07 Å². The van der Waals surface area contributed by atoms with Crippen molar-refractivity contribution in [2.75, 3.05) is 0 Å². The van der Waals surface area contributed by atoms with Gasteiger partial charge in [0.1, 0.15) is 0 Å². The molecule has 0 nitrogen and oxygen atoms in total. The molecule has 0 bridgehead atoms. The van der Waals surface area contributed by atoms with Crippen molar-refractivity contribution in [2.24, 2.45) is 0 Å². The molecule has 0 unspecified atom stereocenters. The van der Waals surface area contributed by atoms with Gasteiger partial charge in [-0.3, -0.25) is 0 Å². The molecule has 0 N–H and O–H groups in total. The average molecular weight is 183 g/mol. The fourth-order valence-corrected chi connectivity index (χ4v) is 2.31.